The molecule has 2 rings (SSSR count). The van der Waals surface area contributed by atoms with Gasteiger partial charge in [0.15, 0.2) is 0 Å². The highest BCUT2D eigenvalue weighted by Gasteiger charge is 2.03. The van der Waals surface area contributed by atoms with Crippen LogP contribution >= 0.6 is 11.6 Å². The van der Waals surface area contributed by atoms with Gasteiger partial charge in [-0.2, -0.15) is 0 Å². The van der Waals surface area contributed by atoms with Crippen molar-refractivity contribution in [1.82, 2.24) is 0 Å². The first-order chi connectivity index (χ1) is 9.70. The Labute approximate surface area is 125 Å². The quantitative estimate of drug-likeness (QED) is 0.597. The summed E-state index contributed by atoms with van der Waals surface area (Å²) in [5.41, 5.74) is 4.46. The first kappa shape index (κ1) is 14.5. The molecule has 0 saturated carbocycles. The van der Waals surface area contributed by atoms with E-state index in [2.05, 4.69) is 30.9 Å². The molecule has 0 saturated heterocycles. The van der Waals surface area contributed by atoms with E-state index in [1.807, 2.05) is 37.3 Å². The summed E-state index contributed by atoms with van der Waals surface area (Å²) in [7, 11) is 0. The summed E-state index contributed by atoms with van der Waals surface area (Å²) >= 11 is 5.62. The minimum Gasteiger partial charge on any atom is -0.488 e. The maximum absolute atomic E-state index is 5.91. The van der Waals surface area contributed by atoms with Crippen LogP contribution in [0, 0.1) is 25.7 Å². The molecule has 1 nitrogen and oxygen atoms in total. The van der Waals surface area contributed by atoms with E-state index in [4.69, 9.17) is 16.3 Å². The predicted octanol–water partition coefficient (Wildman–Crippen LogP) is 4.47. The van der Waals surface area contributed by atoms with Crippen molar-refractivity contribution >= 4 is 11.6 Å². The van der Waals surface area contributed by atoms with Crippen molar-refractivity contribution in [3.05, 3.63) is 64.7 Å². The van der Waals surface area contributed by atoms with E-state index in [-0.39, 0.29) is 0 Å². The Balaban J connectivity index is 2.19. The molecule has 0 atom stereocenters. The molecule has 2 aromatic carbocycles. The molecule has 0 N–H and O–H groups in total. The Bertz CT molecular complexity index is 650. The van der Waals surface area contributed by atoms with Gasteiger partial charge in [0.2, 0.25) is 0 Å². The smallest absolute Gasteiger partial charge is 0.135 e. The van der Waals surface area contributed by atoms with E-state index in [0.717, 1.165) is 16.9 Å². The van der Waals surface area contributed by atoms with Gasteiger partial charge in [0.1, 0.15) is 12.4 Å². The van der Waals surface area contributed by atoms with Crippen molar-refractivity contribution in [3.63, 3.8) is 0 Å². The fourth-order valence-corrected chi connectivity index (χ4v) is 1.99. The first-order valence-corrected chi connectivity index (χ1v) is 7.07. The number of aryl methyl sites for hydroxylation is 2. The van der Waals surface area contributed by atoms with E-state index in [0.29, 0.717) is 12.5 Å². The summed E-state index contributed by atoms with van der Waals surface area (Å²) in [4.78, 5) is 0. The molecule has 0 fully saturated rings. The zero-order valence-electron chi connectivity index (χ0n) is 11.7. The van der Waals surface area contributed by atoms with Gasteiger partial charge in [0.05, 0.1) is 11.4 Å². The van der Waals surface area contributed by atoms with Crippen LogP contribution in [0.1, 0.15) is 22.3 Å². The number of alkyl halides is 1. The maximum Gasteiger partial charge on any atom is 0.135 e. The minimum atomic E-state index is 0.325. The van der Waals surface area contributed by atoms with Gasteiger partial charge in [-0.15, -0.1) is 11.6 Å². The molecule has 0 bridgehead atoms. The average molecular weight is 285 g/mol. The van der Waals surface area contributed by atoms with E-state index < -0.39 is 0 Å². The molecule has 0 radical (unpaired) electrons. The molecule has 102 valence electrons. The molecule has 0 aromatic heterocycles. The summed E-state index contributed by atoms with van der Waals surface area (Å²) in [6.07, 6.45) is 0. The van der Waals surface area contributed by atoms with Crippen molar-refractivity contribution < 1.29 is 4.74 Å². The van der Waals surface area contributed by atoms with Crippen LogP contribution in [0.2, 0.25) is 0 Å². The molecular weight excluding hydrogens is 268 g/mol. The number of rotatable bonds is 3. The van der Waals surface area contributed by atoms with Gasteiger partial charge >= 0.3 is 0 Å². The van der Waals surface area contributed by atoms with E-state index in [1.54, 1.807) is 0 Å². The molecule has 0 heterocycles. The van der Waals surface area contributed by atoms with Crippen molar-refractivity contribution in [2.45, 2.75) is 20.5 Å². The Morgan fingerprint density at radius 1 is 1.10 bits per heavy atom. The Morgan fingerprint density at radius 3 is 2.65 bits per heavy atom. The van der Waals surface area contributed by atoms with Gasteiger partial charge in [-0.25, -0.2) is 0 Å². The number of hydrogen-bond donors (Lipinski definition) is 0. The van der Waals surface area contributed by atoms with E-state index in [9.17, 15) is 0 Å². The monoisotopic (exact) mass is 284 g/mol. The summed E-state index contributed by atoms with van der Waals surface area (Å²) < 4.78 is 5.91. The first-order valence-electron chi connectivity index (χ1n) is 6.53. The topological polar surface area (TPSA) is 9.23 Å². The van der Waals surface area contributed by atoms with Crippen LogP contribution in [0.15, 0.2) is 42.5 Å². The average Bonchev–Trinajstić information content (AvgIpc) is 2.45. The summed E-state index contributed by atoms with van der Waals surface area (Å²) in [5, 5.41) is 0. The second kappa shape index (κ2) is 7.03. The highest BCUT2D eigenvalue weighted by atomic mass is 35.5. The molecule has 2 heteroatoms. The Morgan fingerprint density at radius 2 is 1.90 bits per heavy atom. The number of hydrogen-bond acceptors (Lipinski definition) is 1. The molecule has 0 aliphatic rings. The highest BCUT2D eigenvalue weighted by Crippen LogP contribution is 2.21. The van der Waals surface area contributed by atoms with Gasteiger partial charge in [-0.1, -0.05) is 42.2 Å². The molecule has 0 spiro atoms. The molecule has 0 unspecified atom stereocenters. The van der Waals surface area contributed by atoms with Crippen LogP contribution in [-0.2, 0) is 6.61 Å². The van der Waals surface area contributed by atoms with Gasteiger partial charge in [-0.05, 0) is 42.7 Å². The van der Waals surface area contributed by atoms with Crippen LogP contribution < -0.4 is 4.74 Å². The Kier molecular flexibility index (Phi) is 5.09. The van der Waals surface area contributed by atoms with Crippen molar-refractivity contribution in [2.24, 2.45) is 0 Å². The molecule has 20 heavy (non-hydrogen) atoms. The third kappa shape index (κ3) is 3.79. The number of benzene rings is 2. The van der Waals surface area contributed by atoms with E-state index in [1.165, 1.54) is 11.1 Å². The SMILES string of the molecule is Cc1ccc(OCc2ccccc2C)c(C#CCCl)c1. The van der Waals surface area contributed by atoms with Crippen LogP contribution in [0.3, 0.4) is 0 Å². The molecule has 0 aliphatic heterocycles. The normalized spacial score (nSPS) is 9.75. The lowest BCUT2D eigenvalue weighted by Gasteiger charge is -2.10. The van der Waals surface area contributed by atoms with Crippen LogP contribution in [-0.4, -0.2) is 5.88 Å². The van der Waals surface area contributed by atoms with Gasteiger partial charge < -0.3 is 4.74 Å². The number of halogens is 1. The predicted molar refractivity (Wildman–Crippen MR) is 84.3 cm³/mol. The molecular formula is C18H17ClO. The lowest BCUT2D eigenvalue weighted by Crippen LogP contribution is -1.99. The van der Waals surface area contributed by atoms with E-state index >= 15 is 0 Å². The highest BCUT2D eigenvalue weighted by molar-refractivity contribution is 6.19. The maximum atomic E-state index is 5.91. The summed E-state index contributed by atoms with van der Waals surface area (Å²) in [6, 6.07) is 14.2. The Hall–Kier alpha value is -1.91. The van der Waals surface area contributed by atoms with Gasteiger partial charge in [-0.3, -0.25) is 0 Å². The fourth-order valence-electron chi connectivity index (χ4n) is 1.92. The van der Waals surface area contributed by atoms with Crippen LogP contribution in [0.5, 0.6) is 5.75 Å². The number of ether oxygens (including phenoxy) is 1. The van der Waals surface area contributed by atoms with Crippen molar-refractivity contribution in [3.8, 4) is 17.6 Å². The molecule has 0 amide bonds. The van der Waals surface area contributed by atoms with Crippen molar-refractivity contribution in [2.75, 3.05) is 5.88 Å². The van der Waals surface area contributed by atoms with Gasteiger partial charge in [0, 0.05) is 0 Å². The largest absolute Gasteiger partial charge is 0.488 e. The summed E-state index contributed by atoms with van der Waals surface area (Å²) in [5.74, 6) is 7.05. The van der Waals surface area contributed by atoms with Crippen LogP contribution in [0.25, 0.3) is 0 Å². The molecule has 2 aromatic rings. The van der Waals surface area contributed by atoms with Crippen molar-refractivity contribution in [1.29, 1.82) is 0 Å². The fraction of sp³-hybridized carbons (Fsp3) is 0.222. The molecule has 0 aliphatic carbocycles. The van der Waals surface area contributed by atoms with Crippen LogP contribution in [0.4, 0.5) is 0 Å². The third-order valence-corrected chi connectivity index (χ3v) is 3.20. The standard InChI is InChI=1S/C18H17ClO/c1-14-9-10-18(16(12-14)8-5-11-19)20-13-17-7-4-3-6-15(17)2/h3-4,6-7,9-10,12H,11,13H2,1-2H3. The lowest BCUT2D eigenvalue weighted by atomic mass is 10.1. The van der Waals surface area contributed by atoms with Gasteiger partial charge in [0.25, 0.3) is 0 Å². The minimum absolute atomic E-state index is 0.325. The third-order valence-electron chi connectivity index (χ3n) is 3.07. The zero-order chi connectivity index (χ0) is 14.4. The second-order valence-corrected chi connectivity index (χ2v) is 4.92. The lowest BCUT2D eigenvalue weighted by molar-refractivity contribution is 0.304. The summed E-state index contributed by atoms with van der Waals surface area (Å²) in [6.45, 7) is 4.67. The zero-order valence-corrected chi connectivity index (χ0v) is 12.5. The second-order valence-electron chi connectivity index (χ2n) is 4.65.